The van der Waals surface area contributed by atoms with Crippen molar-refractivity contribution in [1.82, 2.24) is 4.90 Å². The van der Waals surface area contributed by atoms with Crippen LogP contribution in [-0.2, 0) is 4.79 Å². The van der Waals surface area contributed by atoms with Gasteiger partial charge in [0.25, 0.3) is 5.91 Å². The van der Waals surface area contributed by atoms with Gasteiger partial charge in [0.05, 0.1) is 5.92 Å². The molecular weight excluding hydrogens is 306 g/mol. The summed E-state index contributed by atoms with van der Waals surface area (Å²) in [7, 11) is 0. The van der Waals surface area contributed by atoms with Gasteiger partial charge in [0, 0.05) is 17.1 Å². The van der Waals surface area contributed by atoms with E-state index in [1.807, 2.05) is 11.4 Å². The van der Waals surface area contributed by atoms with Crippen molar-refractivity contribution in [3.63, 3.8) is 0 Å². The van der Waals surface area contributed by atoms with Crippen LogP contribution < -0.4 is 0 Å². The number of carbonyl (C=O) groups excluding carboxylic acids is 1. The maximum Gasteiger partial charge on any atom is 0.308 e. The zero-order valence-electron chi connectivity index (χ0n) is 9.22. The normalized spacial score (nSPS) is 24.0. The molecule has 2 atom stereocenters. The molecule has 1 amide bonds. The van der Waals surface area contributed by atoms with Crippen LogP contribution in [0.4, 0.5) is 0 Å². The van der Waals surface area contributed by atoms with Gasteiger partial charge < -0.3 is 10.0 Å². The minimum atomic E-state index is -0.821. The molecule has 2 heterocycles. The van der Waals surface area contributed by atoms with Crippen LogP contribution >= 0.6 is 27.3 Å². The fraction of sp³-hybridized carbons (Fsp3) is 0.455. The molecule has 0 saturated carbocycles. The van der Waals surface area contributed by atoms with Crippen molar-refractivity contribution in [3.05, 3.63) is 20.8 Å². The van der Waals surface area contributed by atoms with E-state index < -0.39 is 11.9 Å². The molecule has 0 bridgehead atoms. The van der Waals surface area contributed by atoms with E-state index in [1.54, 1.807) is 11.8 Å². The number of likely N-dealkylation sites (tertiary alicyclic amines) is 1. The molecule has 4 nitrogen and oxygen atoms in total. The first kappa shape index (κ1) is 12.6. The van der Waals surface area contributed by atoms with Crippen molar-refractivity contribution in [2.24, 2.45) is 5.92 Å². The molecule has 1 fully saturated rings. The summed E-state index contributed by atoms with van der Waals surface area (Å²) in [6.45, 7) is 2.31. The third kappa shape index (κ3) is 2.24. The van der Waals surface area contributed by atoms with Gasteiger partial charge in [0.1, 0.15) is 4.88 Å². The van der Waals surface area contributed by atoms with Gasteiger partial charge in [-0.15, -0.1) is 11.3 Å². The molecular formula is C11H12BrNO3S. The highest BCUT2D eigenvalue weighted by Gasteiger charge is 2.38. The van der Waals surface area contributed by atoms with Crippen LogP contribution in [0.5, 0.6) is 0 Å². The zero-order chi connectivity index (χ0) is 12.6. The lowest BCUT2D eigenvalue weighted by Gasteiger charge is -2.22. The first-order chi connectivity index (χ1) is 8.02. The highest BCUT2D eigenvalue weighted by atomic mass is 79.9. The average Bonchev–Trinajstić information content (AvgIpc) is 2.83. The summed E-state index contributed by atoms with van der Waals surface area (Å²) in [6.07, 6.45) is 0.533. The van der Waals surface area contributed by atoms with E-state index in [9.17, 15) is 9.59 Å². The van der Waals surface area contributed by atoms with Crippen molar-refractivity contribution < 1.29 is 14.7 Å². The topological polar surface area (TPSA) is 57.6 Å². The van der Waals surface area contributed by atoms with Crippen LogP contribution in [0.3, 0.4) is 0 Å². The number of rotatable bonds is 2. The lowest BCUT2D eigenvalue weighted by Crippen LogP contribution is -2.37. The second-order valence-electron chi connectivity index (χ2n) is 4.07. The number of nitrogens with zero attached hydrogens (tertiary/aromatic N) is 1. The Labute approximate surface area is 111 Å². The molecule has 1 N–H and O–H groups in total. The number of carboxylic acid groups (broad SMARTS) is 1. The molecule has 0 spiro atoms. The van der Waals surface area contributed by atoms with Gasteiger partial charge in [0.15, 0.2) is 0 Å². The molecule has 1 aromatic rings. The summed E-state index contributed by atoms with van der Waals surface area (Å²) >= 11 is 4.70. The van der Waals surface area contributed by atoms with Crippen LogP contribution in [0.15, 0.2) is 15.9 Å². The van der Waals surface area contributed by atoms with Crippen molar-refractivity contribution >= 4 is 39.1 Å². The van der Waals surface area contributed by atoms with Crippen LogP contribution in [-0.4, -0.2) is 34.5 Å². The summed E-state index contributed by atoms with van der Waals surface area (Å²) in [5.74, 6) is -1.35. The fourth-order valence-electron chi connectivity index (χ4n) is 2.13. The third-order valence-electron chi connectivity index (χ3n) is 3.14. The fourth-order valence-corrected chi connectivity index (χ4v) is 3.63. The number of thiophene rings is 1. The Morgan fingerprint density at radius 3 is 2.76 bits per heavy atom. The molecule has 0 aliphatic carbocycles. The van der Waals surface area contributed by atoms with E-state index in [0.717, 1.165) is 4.47 Å². The summed E-state index contributed by atoms with van der Waals surface area (Å²) in [6, 6.07) is 1.59. The Bertz CT molecular complexity index is 459. The summed E-state index contributed by atoms with van der Waals surface area (Å²) in [5, 5.41) is 10.9. The molecule has 1 aliphatic heterocycles. The predicted molar refractivity (Wildman–Crippen MR) is 68.3 cm³/mol. The minimum Gasteiger partial charge on any atom is -0.481 e. The van der Waals surface area contributed by atoms with Crippen LogP contribution in [0, 0.1) is 5.92 Å². The van der Waals surface area contributed by atoms with E-state index in [-0.39, 0.29) is 11.9 Å². The van der Waals surface area contributed by atoms with Crippen LogP contribution in [0.2, 0.25) is 0 Å². The quantitative estimate of drug-likeness (QED) is 0.911. The predicted octanol–water partition coefficient (Wildman–Crippen LogP) is 2.45. The Morgan fingerprint density at radius 2 is 2.29 bits per heavy atom. The van der Waals surface area contributed by atoms with E-state index in [0.29, 0.717) is 17.8 Å². The van der Waals surface area contributed by atoms with E-state index in [2.05, 4.69) is 15.9 Å². The molecule has 1 saturated heterocycles. The van der Waals surface area contributed by atoms with Crippen molar-refractivity contribution in [2.75, 3.05) is 6.54 Å². The zero-order valence-corrected chi connectivity index (χ0v) is 11.6. The van der Waals surface area contributed by atoms with Gasteiger partial charge in [-0.3, -0.25) is 9.59 Å². The SMILES string of the molecule is CC1C(C(=O)O)CCN1C(=O)c1sccc1Br. The van der Waals surface area contributed by atoms with Gasteiger partial charge >= 0.3 is 5.97 Å². The largest absolute Gasteiger partial charge is 0.481 e. The number of carboxylic acids is 1. The lowest BCUT2D eigenvalue weighted by atomic mass is 10.0. The molecule has 0 radical (unpaired) electrons. The van der Waals surface area contributed by atoms with Gasteiger partial charge in [-0.05, 0) is 40.7 Å². The molecule has 92 valence electrons. The van der Waals surface area contributed by atoms with Crippen molar-refractivity contribution in [3.8, 4) is 0 Å². The van der Waals surface area contributed by atoms with Crippen LogP contribution in [0.1, 0.15) is 23.0 Å². The van der Waals surface area contributed by atoms with Gasteiger partial charge in [-0.25, -0.2) is 0 Å². The van der Waals surface area contributed by atoms with E-state index in [4.69, 9.17) is 5.11 Å². The lowest BCUT2D eigenvalue weighted by molar-refractivity contribution is -0.142. The number of hydrogen-bond donors (Lipinski definition) is 1. The number of hydrogen-bond acceptors (Lipinski definition) is 3. The maximum absolute atomic E-state index is 12.2. The van der Waals surface area contributed by atoms with Gasteiger partial charge in [0.2, 0.25) is 0 Å². The monoisotopic (exact) mass is 317 g/mol. The van der Waals surface area contributed by atoms with Gasteiger partial charge in [-0.2, -0.15) is 0 Å². The number of halogens is 1. The van der Waals surface area contributed by atoms with Crippen molar-refractivity contribution in [2.45, 2.75) is 19.4 Å². The Hall–Kier alpha value is -0.880. The summed E-state index contributed by atoms with van der Waals surface area (Å²) in [5.41, 5.74) is 0. The summed E-state index contributed by atoms with van der Waals surface area (Å²) < 4.78 is 0.776. The number of carbonyl (C=O) groups is 2. The van der Waals surface area contributed by atoms with E-state index in [1.165, 1.54) is 11.3 Å². The maximum atomic E-state index is 12.2. The number of amides is 1. The molecule has 17 heavy (non-hydrogen) atoms. The van der Waals surface area contributed by atoms with E-state index >= 15 is 0 Å². The molecule has 0 aromatic carbocycles. The first-order valence-corrected chi connectivity index (χ1v) is 6.96. The van der Waals surface area contributed by atoms with Crippen molar-refractivity contribution in [1.29, 1.82) is 0 Å². The second kappa shape index (κ2) is 4.78. The standard InChI is InChI=1S/C11H12BrNO3S/c1-6-7(11(15)16)2-4-13(6)10(14)9-8(12)3-5-17-9/h3,5-7H,2,4H2,1H3,(H,15,16). The Kier molecular flexibility index (Phi) is 3.53. The summed E-state index contributed by atoms with van der Waals surface area (Å²) in [4.78, 5) is 25.5. The molecule has 2 rings (SSSR count). The first-order valence-electron chi connectivity index (χ1n) is 5.29. The molecule has 1 aromatic heterocycles. The van der Waals surface area contributed by atoms with Gasteiger partial charge in [-0.1, -0.05) is 0 Å². The second-order valence-corrected chi connectivity index (χ2v) is 5.84. The van der Waals surface area contributed by atoms with Crippen LogP contribution in [0.25, 0.3) is 0 Å². The number of aliphatic carboxylic acids is 1. The highest BCUT2D eigenvalue weighted by Crippen LogP contribution is 2.30. The Morgan fingerprint density at radius 1 is 1.59 bits per heavy atom. The highest BCUT2D eigenvalue weighted by molar-refractivity contribution is 9.10. The smallest absolute Gasteiger partial charge is 0.308 e. The molecule has 6 heteroatoms. The average molecular weight is 318 g/mol. The Balaban J connectivity index is 2.18. The molecule has 2 unspecified atom stereocenters. The molecule has 1 aliphatic rings. The third-order valence-corrected chi connectivity index (χ3v) is 4.97. The minimum absolute atomic E-state index is 0.0804.